The molecule has 158 valence electrons. The molecule has 0 radical (unpaired) electrons. The monoisotopic (exact) mass is 429 g/mol. The van der Waals surface area contributed by atoms with Gasteiger partial charge in [-0.05, 0) is 44.1 Å². The van der Waals surface area contributed by atoms with Gasteiger partial charge in [0.05, 0.1) is 5.75 Å². The SMILES string of the molecule is O=c1ccc2cnc(NCC3CC3)nc2n1CCCS(=O)(=O)n1cnc(C2CC2)n1. The molecule has 5 rings (SSSR count). The van der Waals surface area contributed by atoms with Gasteiger partial charge < -0.3 is 5.32 Å². The van der Waals surface area contributed by atoms with Crippen LogP contribution in [0.15, 0.2) is 29.5 Å². The third-order valence-corrected chi connectivity index (χ3v) is 7.02. The van der Waals surface area contributed by atoms with Crippen molar-refractivity contribution in [2.45, 2.75) is 44.6 Å². The van der Waals surface area contributed by atoms with Crippen molar-refractivity contribution in [3.63, 3.8) is 0 Å². The smallest absolute Gasteiger partial charge is 0.255 e. The Bertz CT molecular complexity index is 1240. The lowest BCUT2D eigenvalue weighted by Gasteiger charge is -2.11. The van der Waals surface area contributed by atoms with E-state index in [1.54, 1.807) is 12.3 Å². The number of rotatable bonds is 9. The number of fused-ring (bicyclic) bond motifs is 1. The fourth-order valence-electron chi connectivity index (χ4n) is 3.35. The first-order chi connectivity index (χ1) is 14.5. The highest BCUT2D eigenvalue weighted by Crippen LogP contribution is 2.37. The summed E-state index contributed by atoms with van der Waals surface area (Å²) in [5.41, 5.74) is 0.286. The van der Waals surface area contributed by atoms with Crippen LogP contribution < -0.4 is 10.9 Å². The lowest BCUT2D eigenvalue weighted by molar-refractivity contribution is 0.570. The predicted molar refractivity (Wildman–Crippen MR) is 111 cm³/mol. The van der Waals surface area contributed by atoms with Gasteiger partial charge in [-0.15, -0.1) is 9.19 Å². The van der Waals surface area contributed by atoms with Crippen LogP contribution in [0.2, 0.25) is 0 Å². The molecule has 0 aliphatic heterocycles. The summed E-state index contributed by atoms with van der Waals surface area (Å²) in [5.74, 6) is 1.90. The van der Waals surface area contributed by atoms with Gasteiger partial charge in [-0.2, -0.15) is 4.98 Å². The van der Waals surface area contributed by atoms with Crippen LogP contribution in [0.5, 0.6) is 0 Å². The van der Waals surface area contributed by atoms with E-state index >= 15 is 0 Å². The Morgan fingerprint density at radius 2 is 1.97 bits per heavy atom. The van der Waals surface area contributed by atoms with Gasteiger partial charge in [-0.1, -0.05) is 0 Å². The molecule has 2 saturated carbocycles. The molecule has 0 atom stereocenters. The summed E-state index contributed by atoms with van der Waals surface area (Å²) in [6, 6.07) is 3.14. The largest absolute Gasteiger partial charge is 0.354 e. The molecule has 3 aromatic rings. The highest BCUT2D eigenvalue weighted by molar-refractivity contribution is 7.89. The molecule has 1 N–H and O–H groups in total. The van der Waals surface area contributed by atoms with Crippen molar-refractivity contribution in [1.29, 1.82) is 0 Å². The van der Waals surface area contributed by atoms with Crippen LogP contribution in [0.3, 0.4) is 0 Å². The van der Waals surface area contributed by atoms with Crippen molar-refractivity contribution < 1.29 is 8.42 Å². The third-order valence-electron chi connectivity index (χ3n) is 5.47. The van der Waals surface area contributed by atoms with E-state index in [9.17, 15) is 13.2 Å². The molecule has 10 nitrogen and oxygen atoms in total. The Morgan fingerprint density at radius 1 is 1.13 bits per heavy atom. The minimum atomic E-state index is -3.62. The normalized spacial score (nSPS) is 16.8. The van der Waals surface area contributed by atoms with Crippen molar-refractivity contribution in [3.8, 4) is 0 Å². The van der Waals surface area contributed by atoms with Gasteiger partial charge in [-0.25, -0.2) is 18.4 Å². The summed E-state index contributed by atoms with van der Waals surface area (Å²) in [5, 5.41) is 8.06. The molecule has 2 fully saturated rings. The van der Waals surface area contributed by atoms with E-state index in [0.29, 0.717) is 23.3 Å². The summed E-state index contributed by atoms with van der Waals surface area (Å²) >= 11 is 0. The third kappa shape index (κ3) is 4.07. The Labute approximate surface area is 173 Å². The summed E-state index contributed by atoms with van der Waals surface area (Å²) in [6.07, 6.45) is 7.65. The number of hydrogen-bond donors (Lipinski definition) is 1. The molecule has 30 heavy (non-hydrogen) atoms. The van der Waals surface area contributed by atoms with Gasteiger partial charge in [0.2, 0.25) is 5.95 Å². The Kier molecular flexibility index (Phi) is 4.76. The lowest BCUT2D eigenvalue weighted by atomic mass is 10.3. The van der Waals surface area contributed by atoms with Gasteiger partial charge in [0.15, 0.2) is 5.82 Å². The molecule has 0 saturated heterocycles. The van der Waals surface area contributed by atoms with E-state index in [4.69, 9.17) is 0 Å². The van der Waals surface area contributed by atoms with Crippen molar-refractivity contribution in [2.24, 2.45) is 5.92 Å². The van der Waals surface area contributed by atoms with E-state index in [1.165, 1.54) is 29.8 Å². The Balaban J connectivity index is 1.31. The quantitative estimate of drug-likeness (QED) is 0.540. The van der Waals surface area contributed by atoms with E-state index in [-0.39, 0.29) is 30.2 Å². The maximum absolute atomic E-state index is 12.6. The Hall–Kier alpha value is -2.82. The zero-order valence-electron chi connectivity index (χ0n) is 16.4. The highest BCUT2D eigenvalue weighted by atomic mass is 32.2. The number of pyridine rings is 1. The molecular formula is C19H23N7O3S. The molecule has 11 heteroatoms. The highest BCUT2D eigenvalue weighted by Gasteiger charge is 2.29. The zero-order chi connectivity index (χ0) is 20.7. The molecule has 0 amide bonds. The number of aryl methyl sites for hydroxylation is 1. The maximum atomic E-state index is 12.6. The predicted octanol–water partition coefficient (Wildman–Crippen LogP) is 1.35. The van der Waals surface area contributed by atoms with Crippen LogP contribution in [0.1, 0.15) is 43.8 Å². The second kappa shape index (κ2) is 7.46. The fourth-order valence-corrected chi connectivity index (χ4v) is 4.43. The number of hydrogen-bond acceptors (Lipinski definition) is 8. The number of aromatic nitrogens is 6. The molecular weight excluding hydrogens is 406 g/mol. The van der Waals surface area contributed by atoms with E-state index in [2.05, 4.69) is 25.4 Å². The van der Waals surface area contributed by atoms with Crippen LogP contribution >= 0.6 is 0 Å². The molecule has 0 aromatic carbocycles. The molecule has 0 bridgehead atoms. The lowest BCUT2D eigenvalue weighted by Crippen LogP contribution is -2.24. The topological polar surface area (TPSA) is 125 Å². The first-order valence-electron chi connectivity index (χ1n) is 10.2. The number of anilines is 1. The fraction of sp³-hybridized carbons (Fsp3) is 0.526. The van der Waals surface area contributed by atoms with Gasteiger partial charge in [0.1, 0.15) is 12.0 Å². The molecule has 3 aromatic heterocycles. The van der Waals surface area contributed by atoms with Crippen molar-refractivity contribution in [1.82, 2.24) is 28.7 Å². The second-order valence-corrected chi connectivity index (χ2v) is 9.99. The molecule has 2 aliphatic rings. The first kappa shape index (κ1) is 19.2. The van der Waals surface area contributed by atoms with Crippen LogP contribution in [-0.4, -0.2) is 49.4 Å². The van der Waals surface area contributed by atoms with E-state index in [0.717, 1.165) is 28.9 Å². The summed E-state index contributed by atoms with van der Waals surface area (Å²) < 4.78 is 27.6. The van der Waals surface area contributed by atoms with Crippen LogP contribution in [0.25, 0.3) is 11.0 Å². The maximum Gasteiger partial charge on any atom is 0.255 e. The number of nitrogens with one attached hydrogen (secondary N) is 1. The van der Waals surface area contributed by atoms with E-state index < -0.39 is 10.0 Å². The average molecular weight is 430 g/mol. The van der Waals surface area contributed by atoms with Gasteiger partial charge in [-0.3, -0.25) is 9.36 Å². The van der Waals surface area contributed by atoms with Crippen molar-refractivity contribution in [2.75, 3.05) is 17.6 Å². The standard InChI is InChI=1S/C19H23N7O3S/c27-16-7-6-15-11-21-19(20-10-13-2-3-13)23-18(15)25(16)8-1-9-30(28,29)26-12-22-17(24-26)14-4-5-14/h6-7,11-14H,1-5,8-10H2,(H,20,21,23). The first-order valence-corrected chi connectivity index (χ1v) is 11.9. The molecule has 0 unspecified atom stereocenters. The van der Waals surface area contributed by atoms with E-state index in [1.807, 2.05) is 0 Å². The summed E-state index contributed by atoms with van der Waals surface area (Å²) in [7, 11) is -3.62. The van der Waals surface area contributed by atoms with Crippen LogP contribution in [0.4, 0.5) is 5.95 Å². The van der Waals surface area contributed by atoms with Crippen molar-refractivity contribution >= 4 is 27.0 Å². The molecule has 2 aliphatic carbocycles. The van der Waals surface area contributed by atoms with Gasteiger partial charge in [0, 0.05) is 36.7 Å². The zero-order valence-corrected chi connectivity index (χ0v) is 17.3. The minimum Gasteiger partial charge on any atom is -0.354 e. The second-order valence-electron chi connectivity index (χ2n) is 8.04. The average Bonchev–Trinajstić information content (AvgIpc) is 3.67. The summed E-state index contributed by atoms with van der Waals surface area (Å²) in [4.78, 5) is 25.3. The summed E-state index contributed by atoms with van der Waals surface area (Å²) in [6.45, 7) is 1.06. The van der Waals surface area contributed by atoms with Gasteiger partial charge >= 0.3 is 0 Å². The number of nitrogens with zero attached hydrogens (tertiary/aromatic N) is 6. The molecule has 3 heterocycles. The van der Waals surface area contributed by atoms with Gasteiger partial charge in [0.25, 0.3) is 15.6 Å². The molecule has 0 spiro atoms. The van der Waals surface area contributed by atoms with Crippen LogP contribution in [0, 0.1) is 5.92 Å². The Morgan fingerprint density at radius 3 is 2.73 bits per heavy atom. The van der Waals surface area contributed by atoms with Crippen LogP contribution in [-0.2, 0) is 16.6 Å². The van der Waals surface area contributed by atoms with Crippen molar-refractivity contribution in [3.05, 3.63) is 40.8 Å². The minimum absolute atomic E-state index is 0.138.